The lowest BCUT2D eigenvalue weighted by Gasteiger charge is -2.27. The van der Waals surface area contributed by atoms with Gasteiger partial charge in [-0.2, -0.15) is 0 Å². The number of unbranched alkanes of at least 4 members (excludes halogenated alkanes) is 43. The molecule has 0 heterocycles. The molecule has 0 saturated heterocycles. The van der Waals surface area contributed by atoms with Gasteiger partial charge in [-0.05, 0) is 63.9 Å². The number of nitrogens with one attached hydrogen (secondary N) is 1. The topological polar surface area (TPSA) is 111 Å². The Labute approximate surface area is 491 Å². The molecule has 1 amide bonds. The van der Waals surface area contributed by atoms with E-state index >= 15 is 0 Å². The number of likely N-dealkylation sites (N-methyl/N-ethyl adjacent to an activating group) is 1. The van der Waals surface area contributed by atoms with E-state index in [1.54, 1.807) is 0 Å². The van der Waals surface area contributed by atoms with Crippen LogP contribution in [0.4, 0.5) is 0 Å². The molecule has 0 radical (unpaired) electrons. The van der Waals surface area contributed by atoms with Crippen molar-refractivity contribution in [2.45, 2.75) is 354 Å². The van der Waals surface area contributed by atoms with Crippen molar-refractivity contribution in [3.8, 4) is 0 Å². The Morgan fingerprint density at radius 3 is 1.16 bits per heavy atom. The van der Waals surface area contributed by atoms with E-state index in [-0.39, 0.29) is 25.1 Å². The van der Waals surface area contributed by atoms with E-state index in [2.05, 4.69) is 50.4 Å². The number of quaternary nitrogens is 1. The Balaban J connectivity index is 5.06. The largest absolute Gasteiger partial charge is 0.472 e. The SMILES string of the molecule is CCCCC/C=C\C/C=C\CCCCCCCCCCCCCCCCCC(=O)NC(COP(=O)(O)OCC[N+](C)(C)C)C(/C=C\CCCCCCCCCCCCC)OC(=O)CCCCCCCCCCCCCCCCC. The number of esters is 1. The van der Waals surface area contributed by atoms with Crippen LogP contribution in [0.25, 0.3) is 0 Å². The Morgan fingerprint density at radius 1 is 0.443 bits per heavy atom. The molecule has 0 aliphatic carbocycles. The normalized spacial score (nSPS) is 13.8. The van der Waals surface area contributed by atoms with Crippen LogP contribution in [0.15, 0.2) is 36.5 Å². The number of rotatable bonds is 63. The molecular weight excluding hydrogens is 1000 g/mol. The number of hydrogen-bond donors (Lipinski definition) is 2. The van der Waals surface area contributed by atoms with Crippen LogP contribution in [0.5, 0.6) is 0 Å². The molecule has 0 aromatic rings. The number of allylic oxidation sites excluding steroid dienone is 5. The zero-order chi connectivity index (χ0) is 57.9. The average molecular weight is 1130 g/mol. The van der Waals surface area contributed by atoms with Crippen molar-refractivity contribution in [2.75, 3.05) is 40.9 Å². The maximum Gasteiger partial charge on any atom is 0.472 e. The predicted octanol–water partition coefficient (Wildman–Crippen LogP) is 21.5. The van der Waals surface area contributed by atoms with Gasteiger partial charge in [0.1, 0.15) is 19.3 Å². The molecule has 9 nitrogen and oxygen atoms in total. The van der Waals surface area contributed by atoms with Gasteiger partial charge in [-0.15, -0.1) is 0 Å². The third-order valence-corrected chi connectivity index (χ3v) is 16.6. The van der Waals surface area contributed by atoms with Crippen LogP contribution in [-0.4, -0.2) is 74.3 Å². The minimum absolute atomic E-state index is 0.0435. The molecular formula is C69H134N2O7P+. The van der Waals surface area contributed by atoms with Crippen LogP contribution in [-0.2, 0) is 27.9 Å². The Morgan fingerprint density at radius 2 is 0.772 bits per heavy atom. The third-order valence-electron chi connectivity index (χ3n) is 15.6. The molecule has 0 aromatic carbocycles. The third kappa shape index (κ3) is 60.6. The number of phosphoric ester groups is 1. The first-order chi connectivity index (χ1) is 38.4. The summed E-state index contributed by atoms with van der Waals surface area (Å²) >= 11 is 0. The number of carbonyl (C=O) groups excluding carboxylic acids is 2. The molecule has 3 unspecified atom stereocenters. The molecule has 0 rings (SSSR count). The molecule has 0 fully saturated rings. The minimum Gasteiger partial charge on any atom is -0.456 e. The van der Waals surface area contributed by atoms with E-state index in [1.165, 1.54) is 244 Å². The summed E-state index contributed by atoms with van der Waals surface area (Å²) < 4.78 is 30.8. The summed E-state index contributed by atoms with van der Waals surface area (Å²) in [5.41, 5.74) is 0. The lowest BCUT2D eigenvalue weighted by Crippen LogP contribution is -2.47. The van der Waals surface area contributed by atoms with Gasteiger partial charge in [-0.25, -0.2) is 4.57 Å². The molecule has 0 aromatic heterocycles. The molecule has 2 N–H and O–H groups in total. The standard InChI is InChI=1S/C69H133N2O7P/c1-7-10-13-16-19-22-25-28-30-31-32-33-34-35-36-37-38-39-41-43-46-49-52-55-58-61-68(72)70-66(65-77-79(74,75)76-64-63-71(4,5)6)67(60-57-54-51-48-45-42-27-24-21-18-15-12-9-3)78-69(73)62-59-56-53-50-47-44-40-29-26-23-20-17-14-11-8-2/h19,22,28,30,57,60,66-67H,7-18,20-21,23-27,29,31-56,58-59,61-65H2,1-6H3,(H-,70,72,74,75)/p+1/b22-19-,30-28-,60-57-. The van der Waals surface area contributed by atoms with Gasteiger partial charge < -0.3 is 19.4 Å². The van der Waals surface area contributed by atoms with Crippen LogP contribution in [0.2, 0.25) is 0 Å². The molecule has 0 bridgehead atoms. The zero-order valence-electron chi connectivity index (χ0n) is 53.4. The molecule has 79 heavy (non-hydrogen) atoms. The van der Waals surface area contributed by atoms with Gasteiger partial charge in [0, 0.05) is 12.8 Å². The summed E-state index contributed by atoms with van der Waals surface area (Å²) in [7, 11) is 1.51. The first-order valence-electron chi connectivity index (χ1n) is 34.3. The lowest BCUT2D eigenvalue weighted by molar-refractivity contribution is -0.870. The van der Waals surface area contributed by atoms with Crippen LogP contribution in [0.3, 0.4) is 0 Å². The summed E-state index contributed by atoms with van der Waals surface area (Å²) in [6, 6.07) is -0.844. The molecule has 0 spiro atoms. The highest BCUT2D eigenvalue weighted by molar-refractivity contribution is 7.47. The first kappa shape index (κ1) is 77.2. The lowest BCUT2D eigenvalue weighted by atomic mass is 10.0. The molecule has 0 aliphatic heterocycles. The predicted molar refractivity (Wildman–Crippen MR) is 342 cm³/mol. The summed E-state index contributed by atoms with van der Waals surface area (Å²) in [5, 5.41) is 3.07. The number of ether oxygens (including phenoxy) is 1. The fourth-order valence-electron chi connectivity index (χ4n) is 10.3. The maximum absolute atomic E-state index is 13.6. The molecule has 3 atom stereocenters. The first-order valence-corrected chi connectivity index (χ1v) is 35.8. The van der Waals surface area contributed by atoms with Crippen LogP contribution in [0.1, 0.15) is 342 Å². The van der Waals surface area contributed by atoms with Crippen LogP contribution < -0.4 is 5.32 Å². The molecule has 10 heteroatoms. The number of hydrogen-bond acceptors (Lipinski definition) is 6. The summed E-state index contributed by atoms with van der Waals surface area (Å²) in [4.78, 5) is 37.8. The van der Waals surface area contributed by atoms with Crippen molar-refractivity contribution in [1.29, 1.82) is 0 Å². The Kier molecular flexibility index (Phi) is 58.1. The fourth-order valence-corrected chi connectivity index (χ4v) is 11.0. The average Bonchev–Trinajstić information content (AvgIpc) is 3.41. The van der Waals surface area contributed by atoms with Gasteiger partial charge >= 0.3 is 13.8 Å². The van der Waals surface area contributed by atoms with E-state index in [0.29, 0.717) is 23.9 Å². The molecule has 466 valence electrons. The highest BCUT2D eigenvalue weighted by Crippen LogP contribution is 2.43. The van der Waals surface area contributed by atoms with E-state index in [9.17, 15) is 19.0 Å². The van der Waals surface area contributed by atoms with Crippen molar-refractivity contribution < 1.29 is 37.3 Å². The van der Waals surface area contributed by atoms with Gasteiger partial charge in [0.2, 0.25) is 5.91 Å². The van der Waals surface area contributed by atoms with Crippen LogP contribution >= 0.6 is 7.82 Å². The Hall–Kier alpha value is -1.77. The van der Waals surface area contributed by atoms with Gasteiger partial charge in [-0.1, -0.05) is 302 Å². The van der Waals surface area contributed by atoms with Crippen LogP contribution in [0, 0.1) is 0 Å². The van der Waals surface area contributed by atoms with Gasteiger partial charge in [0.05, 0.1) is 33.8 Å². The number of carbonyl (C=O) groups is 2. The number of phosphoric acid groups is 1. The van der Waals surface area contributed by atoms with Crippen molar-refractivity contribution in [3.63, 3.8) is 0 Å². The molecule has 0 aliphatic rings. The summed E-state index contributed by atoms with van der Waals surface area (Å²) in [6.07, 6.45) is 72.9. The second-order valence-electron chi connectivity index (χ2n) is 24.7. The highest BCUT2D eigenvalue weighted by atomic mass is 31.2. The zero-order valence-corrected chi connectivity index (χ0v) is 54.3. The quantitative estimate of drug-likeness (QED) is 0.0205. The van der Waals surface area contributed by atoms with Crippen molar-refractivity contribution in [1.82, 2.24) is 5.32 Å². The van der Waals surface area contributed by atoms with E-state index in [4.69, 9.17) is 13.8 Å². The summed E-state index contributed by atoms with van der Waals surface area (Å²) in [6.45, 7) is 7.04. The van der Waals surface area contributed by atoms with E-state index < -0.39 is 20.0 Å². The van der Waals surface area contributed by atoms with Gasteiger partial charge in [0.15, 0.2) is 0 Å². The maximum atomic E-state index is 13.6. The smallest absolute Gasteiger partial charge is 0.456 e. The number of nitrogens with zero attached hydrogens (tertiary/aromatic N) is 1. The minimum atomic E-state index is -4.45. The second-order valence-corrected chi connectivity index (χ2v) is 26.2. The van der Waals surface area contributed by atoms with Crippen molar-refractivity contribution in [2.24, 2.45) is 0 Å². The molecule has 0 saturated carbocycles. The highest BCUT2D eigenvalue weighted by Gasteiger charge is 2.30. The fraction of sp³-hybridized carbons (Fsp3) is 0.884. The van der Waals surface area contributed by atoms with Gasteiger partial charge in [-0.3, -0.25) is 18.6 Å². The van der Waals surface area contributed by atoms with E-state index in [0.717, 1.165) is 64.2 Å². The summed E-state index contributed by atoms with van der Waals surface area (Å²) in [5.74, 6) is -0.486. The Bertz CT molecular complexity index is 1450. The second kappa shape index (κ2) is 59.4. The monoisotopic (exact) mass is 1130 g/mol. The van der Waals surface area contributed by atoms with Gasteiger partial charge in [0.25, 0.3) is 0 Å². The van der Waals surface area contributed by atoms with Crippen molar-refractivity contribution >= 4 is 19.7 Å². The van der Waals surface area contributed by atoms with Crippen molar-refractivity contribution in [3.05, 3.63) is 36.5 Å². The van der Waals surface area contributed by atoms with E-state index in [1.807, 2.05) is 33.3 Å². The number of amides is 1.